The van der Waals surface area contributed by atoms with Crippen molar-refractivity contribution in [3.05, 3.63) is 42.6 Å². The number of aromatic nitrogens is 3. The van der Waals surface area contributed by atoms with Crippen LogP contribution in [0.5, 0.6) is 0 Å². The van der Waals surface area contributed by atoms with Gasteiger partial charge in [0.2, 0.25) is 0 Å². The highest BCUT2D eigenvalue weighted by Crippen LogP contribution is 2.27. The highest BCUT2D eigenvalue weighted by Gasteiger charge is 2.29. The summed E-state index contributed by atoms with van der Waals surface area (Å²) < 4.78 is 2.11. The van der Waals surface area contributed by atoms with Gasteiger partial charge in [-0.15, -0.1) is 0 Å². The molecular formula is C20H30N6O. The van der Waals surface area contributed by atoms with Crippen LogP contribution in [-0.4, -0.2) is 51.6 Å². The van der Waals surface area contributed by atoms with Gasteiger partial charge < -0.3 is 19.7 Å². The Labute approximate surface area is 161 Å². The Morgan fingerprint density at radius 3 is 2.78 bits per heavy atom. The molecule has 0 saturated carbocycles. The van der Waals surface area contributed by atoms with Gasteiger partial charge in [-0.2, -0.15) is 0 Å². The molecule has 7 heteroatoms. The molecule has 0 bridgehead atoms. The second-order valence-corrected chi connectivity index (χ2v) is 7.14. The number of hydrogen-bond acceptors (Lipinski definition) is 4. The number of rotatable bonds is 6. The Balaban J connectivity index is 1.54. The molecule has 1 fully saturated rings. The van der Waals surface area contributed by atoms with Crippen molar-refractivity contribution in [3.63, 3.8) is 0 Å². The second-order valence-electron chi connectivity index (χ2n) is 7.14. The number of carbonyl (C=O) groups excluding carboxylic acids is 1. The monoisotopic (exact) mass is 370 g/mol. The van der Waals surface area contributed by atoms with E-state index in [1.54, 1.807) is 6.20 Å². The molecule has 1 saturated heterocycles. The number of nitrogens with zero attached hydrogens (tertiary/aromatic N) is 5. The summed E-state index contributed by atoms with van der Waals surface area (Å²) in [6.45, 7) is 10.3. The number of amides is 2. The summed E-state index contributed by atoms with van der Waals surface area (Å²) in [6, 6.07) is 4.32. The quantitative estimate of drug-likeness (QED) is 0.849. The molecule has 3 heterocycles. The summed E-state index contributed by atoms with van der Waals surface area (Å²) >= 11 is 0. The van der Waals surface area contributed by atoms with Crippen LogP contribution < -0.4 is 10.2 Å². The van der Waals surface area contributed by atoms with Crippen LogP contribution in [0.4, 0.5) is 10.6 Å². The molecule has 2 unspecified atom stereocenters. The average Bonchev–Trinajstić information content (AvgIpc) is 3.23. The Hall–Kier alpha value is -2.57. The molecule has 146 valence electrons. The number of pyridine rings is 1. The third kappa shape index (κ3) is 4.59. The van der Waals surface area contributed by atoms with Crippen molar-refractivity contribution in [2.24, 2.45) is 5.92 Å². The van der Waals surface area contributed by atoms with Crippen molar-refractivity contribution < 1.29 is 4.79 Å². The predicted molar refractivity (Wildman–Crippen MR) is 107 cm³/mol. The average molecular weight is 371 g/mol. The van der Waals surface area contributed by atoms with E-state index >= 15 is 0 Å². The van der Waals surface area contributed by atoms with Crippen molar-refractivity contribution >= 4 is 11.8 Å². The molecule has 2 aromatic rings. The Kier molecular flexibility index (Phi) is 6.32. The first-order valence-electron chi connectivity index (χ1n) is 9.82. The molecule has 0 aromatic carbocycles. The van der Waals surface area contributed by atoms with Gasteiger partial charge in [-0.1, -0.05) is 13.0 Å². The number of carbonyl (C=O) groups is 1. The van der Waals surface area contributed by atoms with Gasteiger partial charge in [0.1, 0.15) is 5.82 Å². The summed E-state index contributed by atoms with van der Waals surface area (Å²) in [5.74, 6) is 1.50. The number of urea groups is 1. The molecule has 3 rings (SSSR count). The molecule has 0 spiro atoms. The van der Waals surface area contributed by atoms with Gasteiger partial charge in [0.05, 0.1) is 12.4 Å². The maximum Gasteiger partial charge on any atom is 0.317 e. The summed E-state index contributed by atoms with van der Waals surface area (Å²) in [5.41, 5.74) is 1.01. The molecule has 0 radical (unpaired) electrons. The minimum Gasteiger partial charge on any atom is -0.357 e. The van der Waals surface area contributed by atoms with Crippen LogP contribution in [0, 0.1) is 5.92 Å². The number of likely N-dealkylation sites (tertiary alicyclic amines) is 1. The largest absolute Gasteiger partial charge is 0.357 e. The third-order valence-corrected chi connectivity index (χ3v) is 5.45. The van der Waals surface area contributed by atoms with Crippen LogP contribution in [0.15, 0.2) is 37.1 Å². The summed E-state index contributed by atoms with van der Waals surface area (Å²) in [4.78, 5) is 25.4. The standard InChI is InChI=1S/C20H30N6O/c1-4-24(5-2)19-7-6-17(12-22-19)13-23-20(27)25-10-8-16(3)18(14-25)26-11-9-21-15-26/h6-7,9,11-12,15-16,18H,4-5,8,10,13-14H2,1-3H3,(H,23,27). The molecular weight excluding hydrogens is 340 g/mol. The molecule has 1 N–H and O–H groups in total. The van der Waals surface area contributed by atoms with E-state index in [-0.39, 0.29) is 12.1 Å². The number of piperidine rings is 1. The fraction of sp³-hybridized carbons (Fsp3) is 0.550. The van der Waals surface area contributed by atoms with Crippen LogP contribution in [0.3, 0.4) is 0 Å². The van der Waals surface area contributed by atoms with E-state index in [0.717, 1.165) is 37.4 Å². The van der Waals surface area contributed by atoms with Gasteiger partial charge in [-0.25, -0.2) is 14.8 Å². The van der Waals surface area contributed by atoms with E-state index in [0.29, 0.717) is 19.0 Å². The second kappa shape index (κ2) is 8.88. The lowest BCUT2D eigenvalue weighted by Gasteiger charge is -2.37. The van der Waals surface area contributed by atoms with Gasteiger partial charge >= 0.3 is 6.03 Å². The van der Waals surface area contributed by atoms with Crippen LogP contribution >= 0.6 is 0 Å². The maximum absolute atomic E-state index is 12.6. The zero-order valence-corrected chi connectivity index (χ0v) is 16.5. The highest BCUT2D eigenvalue weighted by atomic mass is 16.2. The van der Waals surface area contributed by atoms with Crippen molar-refractivity contribution in [1.29, 1.82) is 0 Å². The summed E-state index contributed by atoms with van der Waals surface area (Å²) in [7, 11) is 0. The molecule has 1 aliphatic rings. The topological polar surface area (TPSA) is 66.3 Å². The van der Waals surface area contributed by atoms with E-state index < -0.39 is 0 Å². The van der Waals surface area contributed by atoms with Crippen LogP contribution in [0.2, 0.25) is 0 Å². The van der Waals surface area contributed by atoms with Crippen molar-refractivity contribution in [1.82, 2.24) is 24.8 Å². The fourth-order valence-electron chi connectivity index (χ4n) is 3.63. The van der Waals surface area contributed by atoms with Crippen LogP contribution in [0.1, 0.15) is 38.8 Å². The lowest BCUT2D eigenvalue weighted by atomic mass is 9.93. The minimum absolute atomic E-state index is 0.0140. The first kappa shape index (κ1) is 19.2. The predicted octanol–water partition coefficient (Wildman–Crippen LogP) is 2.92. The van der Waals surface area contributed by atoms with Crippen LogP contribution in [0.25, 0.3) is 0 Å². The van der Waals surface area contributed by atoms with Gasteiger partial charge in [-0.05, 0) is 37.8 Å². The smallest absolute Gasteiger partial charge is 0.317 e. The zero-order valence-electron chi connectivity index (χ0n) is 16.5. The number of hydrogen-bond donors (Lipinski definition) is 1. The SMILES string of the molecule is CCN(CC)c1ccc(CNC(=O)N2CCC(C)C(n3ccnc3)C2)cn1. The zero-order chi connectivity index (χ0) is 19.2. The molecule has 2 aromatic heterocycles. The molecule has 1 aliphatic heterocycles. The number of anilines is 1. The fourth-order valence-corrected chi connectivity index (χ4v) is 3.63. The molecule has 7 nitrogen and oxygen atoms in total. The van der Waals surface area contributed by atoms with Gasteiger partial charge in [0, 0.05) is 51.3 Å². The Morgan fingerprint density at radius 2 is 2.15 bits per heavy atom. The lowest BCUT2D eigenvalue weighted by molar-refractivity contribution is 0.140. The first-order chi connectivity index (χ1) is 13.1. The van der Waals surface area contributed by atoms with E-state index in [2.05, 4.69) is 45.5 Å². The van der Waals surface area contributed by atoms with E-state index in [9.17, 15) is 4.79 Å². The minimum atomic E-state index is -0.0140. The summed E-state index contributed by atoms with van der Waals surface area (Å²) in [5, 5.41) is 3.03. The summed E-state index contributed by atoms with van der Waals surface area (Å²) in [6.07, 6.45) is 8.45. The van der Waals surface area contributed by atoms with E-state index in [1.807, 2.05) is 35.8 Å². The van der Waals surface area contributed by atoms with E-state index in [1.165, 1.54) is 0 Å². The molecule has 2 amide bonds. The van der Waals surface area contributed by atoms with E-state index in [4.69, 9.17) is 0 Å². The lowest BCUT2D eigenvalue weighted by Crippen LogP contribution is -2.47. The third-order valence-electron chi connectivity index (χ3n) is 5.45. The van der Waals surface area contributed by atoms with Gasteiger partial charge in [0.15, 0.2) is 0 Å². The van der Waals surface area contributed by atoms with Gasteiger partial charge in [0.25, 0.3) is 0 Å². The number of imidazole rings is 1. The number of nitrogens with one attached hydrogen (secondary N) is 1. The van der Waals surface area contributed by atoms with Crippen molar-refractivity contribution in [2.45, 2.75) is 39.8 Å². The molecule has 0 aliphatic carbocycles. The van der Waals surface area contributed by atoms with Crippen LogP contribution in [-0.2, 0) is 6.54 Å². The Bertz CT molecular complexity index is 711. The first-order valence-corrected chi connectivity index (χ1v) is 9.82. The van der Waals surface area contributed by atoms with Gasteiger partial charge in [-0.3, -0.25) is 0 Å². The maximum atomic E-state index is 12.6. The normalized spacial score (nSPS) is 19.7. The highest BCUT2D eigenvalue weighted by molar-refractivity contribution is 5.74. The Morgan fingerprint density at radius 1 is 1.33 bits per heavy atom. The molecule has 2 atom stereocenters. The van der Waals surface area contributed by atoms with Crippen molar-refractivity contribution in [2.75, 3.05) is 31.1 Å². The molecule has 27 heavy (non-hydrogen) atoms. The van der Waals surface area contributed by atoms with Crippen molar-refractivity contribution in [3.8, 4) is 0 Å².